The van der Waals surface area contributed by atoms with Gasteiger partial charge in [-0.1, -0.05) is 0 Å². The summed E-state index contributed by atoms with van der Waals surface area (Å²) in [6.45, 7) is 7.44. The maximum absolute atomic E-state index is 13.9. The Labute approximate surface area is 210 Å². The summed E-state index contributed by atoms with van der Waals surface area (Å²) in [5.74, 6) is -3.90. The van der Waals surface area contributed by atoms with E-state index >= 15 is 0 Å². The quantitative estimate of drug-likeness (QED) is 0.387. The average molecular weight is 520 g/mol. The number of nitrogens with zero attached hydrogens (tertiary/aromatic N) is 4. The fourth-order valence-electron chi connectivity index (χ4n) is 4.15. The van der Waals surface area contributed by atoms with Gasteiger partial charge in [0.2, 0.25) is 5.91 Å². The number of carbonyl (C=O) groups is 2. The molecule has 37 heavy (non-hydrogen) atoms. The predicted molar refractivity (Wildman–Crippen MR) is 128 cm³/mol. The first-order chi connectivity index (χ1) is 17.5. The van der Waals surface area contributed by atoms with Gasteiger partial charge in [-0.2, -0.15) is 13.2 Å². The Balaban J connectivity index is 1.57. The van der Waals surface area contributed by atoms with Crippen LogP contribution < -0.4 is 11.1 Å². The lowest BCUT2D eigenvalue weighted by Gasteiger charge is -2.26. The van der Waals surface area contributed by atoms with Crippen LogP contribution in [-0.2, 0) is 15.7 Å². The maximum Gasteiger partial charge on any atom is 0.434 e. The normalized spacial score (nSPS) is 15.6. The summed E-state index contributed by atoms with van der Waals surface area (Å²) in [6.07, 6.45) is -3.64. The highest BCUT2D eigenvalue weighted by molar-refractivity contribution is 5.95. The first-order valence-electron chi connectivity index (χ1n) is 11.8. The van der Waals surface area contributed by atoms with E-state index in [9.17, 15) is 22.8 Å². The molecule has 1 atom stereocenters. The van der Waals surface area contributed by atoms with Gasteiger partial charge in [-0.15, -0.1) is 0 Å². The second-order valence-electron chi connectivity index (χ2n) is 8.96. The molecule has 10 nitrogen and oxygen atoms in total. The molecule has 4 rings (SSSR count). The summed E-state index contributed by atoms with van der Waals surface area (Å²) in [4.78, 5) is 41.8. The predicted octanol–water partition coefficient (Wildman–Crippen LogP) is 2.06. The molecule has 1 saturated heterocycles. The van der Waals surface area contributed by atoms with E-state index in [0.29, 0.717) is 37.2 Å². The first kappa shape index (κ1) is 26.5. The number of primary amides is 1. The van der Waals surface area contributed by atoms with Gasteiger partial charge in [0.05, 0.1) is 29.8 Å². The summed E-state index contributed by atoms with van der Waals surface area (Å²) in [6, 6.07) is 3.60. The number of hydrogen-bond acceptors (Lipinski definition) is 7. The molecule has 1 aliphatic rings. The number of carbonyl (C=O) groups excluding carboxylic acids is 2. The molecule has 2 amide bonds. The molecule has 4 N–H and O–H groups in total. The summed E-state index contributed by atoms with van der Waals surface area (Å²) < 4.78 is 47.0. The molecule has 198 valence electrons. The van der Waals surface area contributed by atoms with E-state index < -0.39 is 41.0 Å². The number of aromatic amines is 1. The lowest BCUT2D eigenvalue weighted by Crippen LogP contribution is -2.38. The Kier molecular flexibility index (Phi) is 7.73. The SMILES string of the molecule is Cc1cc2nc(C(C(N)=O)c3ncc(C(=O)NCCCN4CCOCC4)c(C(F)(F)F)n3)[nH]c2cc1C. The Hall–Kier alpha value is -3.58. The topological polar surface area (TPSA) is 139 Å². The van der Waals surface area contributed by atoms with Crippen molar-refractivity contribution >= 4 is 22.8 Å². The van der Waals surface area contributed by atoms with Crippen molar-refractivity contribution in [2.75, 3.05) is 39.4 Å². The molecule has 1 unspecified atom stereocenters. The van der Waals surface area contributed by atoms with Crippen LogP contribution in [0.4, 0.5) is 13.2 Å². The number of morpholine rings is 1. The fraction of sp³-hybridized carbons (Fsp3) is 0.458. The van der Waals surface area contributed by atoms with E-state index in [1.807, 2.05) is 19.9 Å². The highest BCUT2D eigenvalue weighted by atomic mass is 19.4. The lowest BCUT2D eigenvalue weighted by atomic mass is 10.1. The standard InChI is InChI=1S/C24H28F3N7O3/c1-13-10-16-17(11-14(13)2)32-22(31-16)18(20(28)35)21-30-12-15(19(33-21)24(25,26)27)23(36)29-4-3-5-34-6-8-37-9-7-34/h10-12,18H,3-9H2,1-2H3,(H2,28,35)(H,29,36)(H,31,32). The minimum absolute atomic E-state index is 0.0148. The molecule has 1 aliphatic heterocycles. The van der Waals surface area contributed by atoms with Crippen LogP contribution in [0.25, 0.3) is 11.0 Å². The summed E-state index contributed by atoms with van der Waals surface area (Å²) >= 11 is 0. The molecule has 3 aromatic rings. The van der Waals surface area contributed by atoms with Crippen LogP contribution in [0.15, 0.2) is 18.3 Å². The molecule has 3 heterocycles. The van der Waals surface area contributed by atoms with Crippen molar-refractivity contribution in [3.05, 3.63) is 52.4 Å². The number of nitrogens with one attached hydrogen (secondary N) is 2. The van der Waals surface area contributed by atoms with E-state index in [4.69, 9.17) is 10.5 Å². The molecular weight excluding hydrogens is 491 g/mol. The third-order valence-electron chi connectivity index (χ3n) is 6.29. The third-order valence-corrected chi connectivity index (χ3v) is 6.29. The highest BCUT2D eigenvalue weighted by Crippen LogP contribution is 2.32. The second kappa shape index (κ2) is 10.8. The number of aryl methyl sites for hydroxylation is 2. The lowest BCUT2D eigenvalue weighted by molar-refractivity contribution is -0.142. The van der Waals surface area contributed by atoms with E-state index in [0.717, 1.165) is 30.4 Å². The maximum atomic E-state index is 13.9. The smallest absolute Gasteiger partial charge is 0.379 e. The van der Waals surface area contributed by atoms with Crippen molar-refractivity contribution in [2.24, 2.45) is 5.73 Å². The molecule has 1 aromatic carbocycles. The van der Waals surface area contributed by atoms with Gasteiger partial charge >= 0.3 is 6.18 Å². The van der Waals surface area contributed by atoms with E-state index in [1.165, 1.54) is 0 Å². The van der Waals surface area contributed by atoms with Crippen LogP contribution in [0, 0.1) is 13.8 Å². The van der Waals surface area contributed by atoms with Crippen LogP contribution in [0.3, 0.4) is 0 Å². The number of hydrogen-bond donors (Lipinski definition) is 3. The number of alkyl halides is 3. The van der Waals surface area contributed by atoms with Crippen molar-refractivity contribution in [3.63, 3.8) is 0 Å². The Bertz CT molecular complexity index is 1260. The van der Waals surface area contributed by atoms with Gasteiger partial charge in [0.1, 0.15) is 11.6 Å². The number of aromatic nitrogens is 4. The highest BCUT2D eigenvalue weighted by Gasteiger charge is 2.39. The van der Waals surface area contributed by atoms with Crippen LogP contribution in [-0.4, -0.2) is 76.0 Å². The number of ether oxygens (including phenoxy) is 1. The third kappa shape index (κ3) is 6.05. The molecule has 0 saturated carbocycles. The van der Waals surface area contributed by atoms with Gasteiger partial charge in [-0.25, -0.2) is 15.0 Å². The molecule has 2 aromatic heterocycles. The van der Waals surface area contributed by atoms with Crippen molar-refractivity contribution in [1.29, 1.82) is 0 Å². The molecule has 0 aliphatic carbocycles. The zero-order chi connectivity index (χ0) is 26.7. The molecule has 1 fully saturated rings. The van der Waals surface area contributed by atoms with Crippen molar-refractivity contribution < 1.29 is 27.5 Å². The number of H-pyrrole nitrogens is 1. The number of nitrogens with two attached hydrogens (primary N) is 1. The summed E-state index contributed by atoms with van der Waals surface area (Å²) in [5.41, 5.74) is 6.38. The van der Waals surface area contributed by atoms with E-state index in [1.54, 1.807) is 6.07 Å². The summed E-state index contributed by atoms with van der Waals surface area (Å²) in [7, 11) is 0. The fourth-order valence-corrected chi connectivity index (χ4v) is 4.15. The Morgan fingerprint density at radius 3 is 2.57 bits per heavy atom. The number of halogens is 3. The van der Waals surface area contributed by atoms with Crippen molar-refractivity contribution in [1.82, 2.24) is 30.2 Å². The van der Waals surface area contributed by atoms with Gasteiger partial charge in [-0.3, -0.25) is 14.5 Å². The van der Waals surface area contributed by atoms with Crippen molar-refractivity contribution in [3.8, 4) is 0 Å². The molecular formula is C24H28F3N7O3. The Morgan fingerprint density at radius 2 is 1.89 bits per heavy atom. The minimum Gasteiger partial charge on any atom is -0.379 e. The Morgan fingerprint density at radius 1 is 1.19 bits per heavy atom. The van der Waals surface area contributed by atoms with Gasteiger partial charge in [0.15, 0.2) is 11.6 Å². The van der Waals surface area contributed by atoms with Crippen molar-refractivity contribution in [2.45, 2.75) is 32.4 Å². The van der Waals surface area contributed by atoms with E-state index in [-0.39, 0.29) is 12.4 Å². The minimum atomic E-state index is -4.97. The zero-order valence-corrected chi connectivity index (χ0v) is 20.5. The molecule has 0 radical (unpaired) electrons. The van der Waals surface area contributed by atoms with Crippen LogP contribution in [0.1, 0.15) is 51.2 Å². The van der Waals surface area contributed by atoms with Gasteiger partial charge in [0.25, 0.3) is 5.91 Å². The van der Waals surface area contributed by atoms with Gasteiger partial charge in [0, 0.05) is 25.8 Å². The monoisotopic (exact) mass is 519 g/mol. The number of imidazole rings is 1. The first-order valence-corrected chi connectivity index (χ1v) is 11.8. The number of rotatable bonds is 8. The number of amides is 2. The second-order valence-corrected chi connectivity index (χ2v) is 8.96. The number of benzene rings is 1. The van der Waals surface area contributed by atoms with Gasteiger partial charge in [-0.05, 0) is 50.1 Å². The van der Waals surface area contributed by atoms with Crippen LogP contribution in [0.5, 0.6) is 0 Å². The largest absolute Gasteiger partial charge is 0.434 e. The van der Waals surface area contributed by atoms with Crippen LogP contribution >= 0.6 is 0 Å². The van der Waals surface area contributed by atoms with Gasteiger partial charge < -0.3 is 20.8 Å². The van der Waals surface area contributed by atoms with E-state index in [2.05, 4.69) is 30.2 Å². The summed E-state index contributed by atoms with van der Waals surface area (Å²) in [5, 5.41) is 2.50. The van der Waals surface area contributed by atoms with Crippen LogP contribution in [0.2, 0.25) is 0 Å². The molecule has 13 heteroatoms. The average Bonchev–Trinajstić information content (AvgIpc) is 3.23. The molecule has 0 spiro atoms. The number of fused-ring (bicyclic) bond motifs is 1. The molecule has 0 bridgehead atoms. The zero-order valence-electron chi connectivity index (χ0n) is 20.5.